The second-order valence-electron chi connectivity index (χ2n) is 5.43. The van der Waals surface area contributed by atoms with Crippen LogP contribution in [-0.2, 0) is 20.3 Å². The van der Waals surface area contributed by atoms with E-state index >= 15 is 0 Å². The normalized spacial score (nSPS) is 18.2. The summed E-state index contributed by atoms with van der Waals surface area (Å²) in [6, 6.07) is 7.13. The molecule has 124 valence electrons. The molecule has 2 heterocycles. The van der Waals surface area contributed by atoms with E-state index in [1.165, 1.54) is 0 Å². The molecule has 1 aliphatic heterocycles. The lowest BCUT2D eigenvalue weighted by atomic mass is 10.2. The van der Waals surface area contributed by atoms with Crippen LogP contribution in [0, 0.1) is 0 Å². The first kappa shape index (κ1) is 15.9. The van der Waals surface area contributed by atoms with Gasteiger partial charge in [0.15, 0.2) is 9.84 Å². The molecule has 23 heavy (non-hydrogen) atoms. The van der Waals surface area contributed by atoms with Gasteiger partial charge in [-0.25, -0.2) is 8.42 Å². The van der Waals surface area contributed by atoms with E-state index in [4.69, 9.17) is 14.0 Å². The highest BCUT2D eigenvalue weighted by atomic mass is 32.2. The van der Waals surface area contributed by atoms with E-state index in [-0.39, 0.29) is 23.5 Å². The van der Waals surface area contributed by atoms with E-state index in [9.17, 15) is 8.42 Å². The van der Waals surface area contributed by atoms with E-state index in [0.717, 1.165) is 24.2 Å². The minimum Gasteiger partial charge on any atom is -0.497 e. The second kappa shape index (κ2) is 6.67. The quantitative estimate of drug-likeness (QED) is 0.793. The lowest BCUT2D eigenvalue weighted by Gasteiger charge is -2.08. The van der Waals surface area contributed by atoms with E-state index in [2.05, 4.69) is 10.1 Å². The maximum Gasteiger partial charge on any atom is 0.242 e. The standard InChI is InChI=1S/C15H18N2O5S/c1-20-12-6-4-11(5-7-12)15-16-14(22-17-15)10-23(18,19)9-13-3-2-8-21-13/h4-7,13H,2-3,8-10H2,1H3/t13-/m1/s1. The number of hydrogen-bond donors (Lipinski definition) is 0. The first-order valence-corrected chi connectivity index (χ1v) is 9.17. The van der Waals surface area contributed by atoms with Crippen LogP contribution < -0.4 is 4.74 Å². The molecule has 0 saturated carbocycles. The van der Waals surface area contributed by atoms with Crippen molar-refractivity contribution in [2.45, 2.75) is 24.7 Å². The molecule has 1 aromatic carbocycles. The summed E-state index contributed by atoms with van der Waals surface area (Å²) in [6.07, 6.45) is 1.46. The number of sulfone groups is 1. The lowest BCUT2D eigenvalue weighted by molar-refractivity contribution is 0.127. The monoisotopic (exact) mass is 338 g/mol. The van der Waals surface area contributed by atoms with Crippen molar-refractivity contribution in [1.82, 2.24) is 10.1 Å². The molecule has 1 saturated heterocycles. The average molecular weight is 338 g/mol. The van der Waals surface area contributed by atoms with Crippen LogP contribution in [0.15, 0.2) is 28.8 Å². The number of benzene rings is 1. The Labute approximate surface area is 134 Å². The largest absolute Gasteiger partial charge is 0.497 e. The Morgan fingerprint density at radius 3 is 2.74 bits per heavy atom. The van der Waals surface area contributed by atoms with E-state index in [0.29, 0.717) is 12.4 Å². The molecule has 2 aromatic rings. The van der Waals surface area contributed by atoms with Gasteiger partial charge in [0.05, 0.1) is 19.0 Å². The van der Waals surface area contributed by atoms with Crippen molar-refractivity contribution in [1.29, 1.82) is 0 Å². The second-order valence-corrected chi connectivity index (χ2v) is 7.54. The summed E-state index contributed by atoms with van der Waals surface area (Å²) in [5.74, 6) is 0.892. The van der Waals surface area contributed by atoms with Crippen LogP contribution in [0.25, 0.3) is 11.4 Å². The number of rotatable bonds is 6. The minimum absolute atomic E-state index is 0.00670. The summed E-state index contributed by atoms with van der Waals surface area (Å²) in [7, 11) is -1.76. The molecule has 0 N–H and O–H groups in total. The Hall–Kier alpha value is -1.93. The molecule has 1 fully saturated rings. The van der Waals surface area contributed by atoms with Crippen LogP contribution in [0.4, 0.5) is 0 Å². The molecule has 0 aliphatic carbocycles. The van der Waals surface area contributed by atoms with Gasteiger partial charge in [0, 0.05) is 12.2 Å². The molecular formula is C15H18N2O5S. The van der Waals surface area contributed by atoms with Gasteiger partial charge in [0.25, 0.3) is 0 Å². The van der Waals surface area contributed by atoms with Gasteiger partial charge in [0.2, 0.25) is 11.7 Å². The number of hydrogen-bond acceptors (Lipinski definition) is 7. The predicted octanol–water partition coefficient (Wildman–Crippen LogP) is 1.84. The Morgan fingerprint density at radius 2 is 2.09 bits per heavy atom. The Bertz CT molecular complexity index is 748. The molecule has 0 unspecified atom stereocenters. The first-order chi connectivity index (χ1) is 11.1. The van der Waals surface area contributed by atoms with E-state index in [1.807, 2.05) is 0 Å². The third-order valence-electron chi connectivity index (χ3n) is 3.62. The summed E-state index contributed by atoms with van der Waals surface area (Å²) < 4.78 is 39.8. The predicted molar refractivity (Wildman–Crippen MR) is 82.8 cm³/mol. The third-order valence-corrected chi connectivity index (χ3v) is 5.19. The summed E-state index contributed by atoms with van der Waals surface area (Å²) in [5.41, 5.74) is 0.734. The molecule has 0 spiro atoms. The van der Waals surface area contributed by atoms with Crippen LogP contribution in [0.3, 0.4) is 0 Å². The maximum atomic E-state index is 12.2. The fraction of sp³-hybridized carbons (Fsp3) is 0.467. The van der Waals surface area contributed by atoms with Gasteiger partial charge >= 0.3 is 0 Å². The van der Waals surface area contributed by atoms with Gasteiger partial charge < -0.3 is 14.0 Å². The summed E-state index contributed by atoms with van der Waals surface area (Å²) in [5, 5.41) is 3.84. The zero-order valence-electron chi connectivity index (χ0n) is 12.8. The van der Waals surface area contributed by atoms with Crippen molar-refractivity contribution in [3.63, 3.8) is 0 Å². The lowest BCUT2D eigenvalue weighted by Crippen LogP contribution is -2.21. The van der Waals surface area contributed by atoms with E-state index in [1.54, 1.807) is 31.4 Å². The fourth-order valence-electron chi connectivity index (χ4n) is 2.48. The van der Waals surface area contributed by atoms with Crippen LogP contribution in [0.1, 0.15) is 18.7 Å². The summed E-state index contributed by atoms with van der Waals surface area (Å²) >= 11 is 0. The number of aromatic nitrogens is 2. The third kappa shape index (κ3) is 4.08. The highest BCUT2D eigenvalue weighted by Crippen LogP contribution is 2.21. The van der Waals surface area contributed by atoms with Crippen molar-refractivity contribution in [3.8, 4) is 17.1 Å². The van der Waals surface area contributed by atoms with Crippen LogP contribution >= 0.6 is 0 Å². The van der Waals surface area contributed by atoms with Gasteiger partial charge in [-0.3, -0.25) is 0 Å². The van der Waals surface area contributed by atoms with Crippen molar-refractivity contribution in [2.75, 3.05) is 19.5 Å². The minimum atomic E-state index is -3.34. The van der Waals surface area contributed by atoms with Gasteiger partial charge in [-0.05, 0) is 37.1 Å². The molecule has 0 radical (unpaired) electrons. The first-order valence-electron chi connectivity index (χ1n) is 7.35. The number of methoxy groups -OCH3 is 1. The topological polar surface area (TPSA) is 91.5 Å². The van der Waals surface area contributed by atoms with Crippen molar-refractivity contribution >= 4 is 9.84 Å². The SMILES string of the molecule is COc1ccc(-c2noc(CS(=O)(=O)C[C@H]3CCCO3)n2)cc1. The summed E-state index contributed by atoms with van der Waals surface area (Å²) in [4.78, 5) is 4.16. The van der Waals surface area contributed by atoms with Crippen molar-refractivity contribution < 1.29 is 22.4 Å². The molecule has 7 nitrogen and oxygen atoms in total. The van der Waals surface area contributed by atoms with Crippen molar-refractivity contribution in [2.24, 2.45) is 0 Å². The smallest absolute Gasteiger partial charge is 0.242 e. The highest BCUT2D eigenvalue weighted by molar-refractivity contribution is 7.90. The summed E-state index contributed by atoms with van der Waals surface area (Å²) in [6.45, 7) is 0.627. The molecule has 3 rings (SSSR count). The molecule has 1 aromatic heterocycles. The molecule has 1 aliphatic rings. The zero-order valence-corrected chi connectivity index (χ0v) is 13.6. The van der Waals surface area contributed by atoms with Gasteiger partial charge in [-0.15, -0.1) is 0 Å². The van der Waals surface area contributed by atoms with Crippen LogP contribution in [0.5, 0.6) is 5.75 Å². The Morgan fingerprint density at radius 1 is 1.30 bits per heavy atom. The molecular weight excluding hydrogens is 320 g/mol. The van der Waals surface area contributed by atoms with Gasteiger partial charge in [-0.1, -0.05) is 5.16 Å². The number of ether oxygens (including phenoxy) is 2. The Kier molecular flexibility index (Phi) is 4.63. The van der Waals surface area contributed by atoms with Crippen LogP contribution in [0.2, 0.25) is 0 Å². The Balaban J connectivity index is 1.68. The molecule has 8 heteroatoms. The van der Waals surface area contributed by atoms with Crippen LogP contribution in [-0.4, -0.2) is 44.1 Å². The zero-order chi connectivity index (χ0) is 16.3. The van der Waals surface area contributed by atoms with E-state index < -0.39 is 9.84 Å². The van der Waals surface area contributed by atoms with Gasteiger partial charge in [0.1, 0.15) is 11.5 Å². The van der Waals surface area contributed by atoms with Crippen molar-refractivity contribution in [3.05, 3.63) is 30.2 Å². The molecule has 1 atom stereocenters. The highest BCUT2D eigenvalue weighted by Gasteiger charge is 2.25. The average Bonchev–Trinajstić information content (AvgIpc) is 3.18. The molecule has 0 amide bonds. The number of nitrogens with zero attached hydrogens (tertiary/aromatic N) is 2. The fourth-order valence-corrected chi connectivity index (χ4v) is 3.92. The maximum absolute atomic E-state index is 12.2. The van der Waals surface area contributed by atoms with Gasteiger partial charge in [-0.2, -0.15) is 4.98 Å². The molecule has 0 bridgehead atoms.